The third kappa shape index (κ3) is 3.90. The zero-order valence-electron chi connectivity index (χ0n) is 12.4. The van der Waals surface area contributed by atoms with Crippen LogP contribution in [0, 0.1) is 0 Å². The molecule has 0 N–H and O–H groups in total. The lowest BCUT2D eigenvalue weighted by molar-refractivity contribution is -0.144. The van der Waals surface area contributed by atoms with Gasteiger partial charge in [0.2, 0.25) is 0 Å². The van der Waals surface area contributed by atoms with Gasteiger partial charge in [0.1, 0.15) is 0 Å². The van der Waals surface area contributed by atoms with Gasteiger partial charge in [-0.1, -0.05) is 47.5 Å². The molecule has 6 nitrogen and oxygen atoms in total. The van der Waals surface area contributed by atoms with Crippen molar-refractivity contribution in [2.45, 2.75) is 13.0 Å². The smallest absolute Gasteiger partial charge is 0.310 e. The van der Waals surface area contributed by atoms with E-state index in [9.17, 15) is 4.79 Å². The third-order valence-corrected chi connectivity index (χ3v) is 3.97. The molecule has 0 unspecified atom stereocenters. The van der Waals surface area contributed by atoms with Crippen LogP contribution in [-0.2, 0) is 22.6 Å². The Morgan fingerprint density at radius 2 is 1.88 bits per heavy atom. The standard InChI is InChI=1S/C16H12Cl2N4O2/c17-13-7-6-11(8-14(13)18)9-16(23)24-10-15-19-20-21-22(15)12-4-2-1-3-5-12/h1-8H,9-10H2. The Bertz CT molecular complexity index is 852. The minimum absolute atomic E-state index is 0.0257. The molecular weight excluding hydrogens is 351 g/mol. The zero-order valence-corrected chi connectivity index (χ0v) is 13.9. The molecule has 0 aliphatic carbocycles. The van der Waals surface area contributed by atoms with E-state index < -0.39 is 5.97 Å². The molecule has 0 bridgehead atoms. The van der Waals surface area contributed by atoms with E-state index in [1.54, 1.807) is 18.2 Å². The van der Waals surface area contributed by atoms with Gasteiger partial charge in [-0.05, 0) is 40.3 Å². The number of carbonyl (C=O) groups excluding carboxylic acids is 1. The Morgan fingerprint density at radius 3 is 2.62 bits per heavy atom. The van der Waals surface area contributed by atoms with Crippen molar-refractivity contribution in [1.29, 1.82) is 0 Å². The van der Waals surface area contributed by atoms with Crippen LogP contribution in [0.15, 0.2) is 48.5 Å². The van der Waals surface area contributed by atoms with Crippen LogP contribution in [0.2, 0.25) is 10.0 Å². The summed E-state index contributed by atoms with van der Waals surface area (Å²) < 4.78 is 6.76. The highest BCUT2D eigenvalue weighted by atomic mass is 35.5. The molecule has 0 saturated heterocycles. The lowest BCUT2D eigenvalue weighted by Gasteiger charge is -2.06. The van der Waals surface area contributed by atoms with Gasteiger partial charge in [-0.25, -0.2) is 0 Å². The predicted octanol–water partition coefficient (Wildman–Crippen LogP) is 3.26. The van der Waals surface area contributed by atoms with E-state index in [2.05, 4.69) is 15.5 Å². The topological polar surface area (TPSA) is 69.9 Å². The molecule has 1 aromatic heterocycles. The number of carbonyl (C=O) groups is 1. The molecule has 0 fully saturated rings. The lowest BCUT2D eigenvalue weighted by atomic mass is 10.1. The minimum atomic E-state index is -0.406. The van der Waals surface area contributed by atoms with Crippen LogP contribution in [0.25, 0.3) is 5.69 Å². The fourth-order valence-electron chi connectivity index (χ4n) is 2.08. The second kappa shape index (κ2) is 7.42. The molecule has 122 valence electrons. The van der Waals surface area contributed by atoms with Gasteiger partial charge in [0.15, 0.2) is 12.4 Å². The van der Waals surface area contributed by atoms with Crippen molar-refractivity contribution in [3.05, 3.63) is 70.0 Å². The molecule has 24 heavy (non-hydrogen) atoms. The molecule has 0 radical (unpaired) electrons. The Hall–Kier alpha value is -2.44. The van der Waals surface area contributed by atoms with Gasteiger partial charge in [-0.2, -0.15) is 4.68 Å². The van der Waals surface area contributed by atoms with Gasteiger partial charge < -0.3 is 4.74 Å². The molecule has 0 spiro atoms. The molecule has 0 aliphatic rings. The maximum absolute atomic E-state index is 12.0. The second-order valence-corrected chi connectivity index (χ2v) is 5.74. The van der Waals surface area contributed by atoms with Crippen molar-refractivity contribution in [1.82, 2.24) is 20.2 Å². The Morgan fingerprint density at radius 1 is 1.08 bits per heavy atom. The summed E-state index contributed by atoms with van der Waals surface area (Å²) in [6, 6.07) is 14.4. The maximum Gasteiger partial charge on any atom is 0.310 e. The first-order chi connectivity index (χ1) is 11.6. The van der Waals surface area contributed by atoms with Crippen molar-refractivity contribution in [2.24, 2.45) is 0 Å². The molecule has 3 aromatic rings. The first-order valence-electron chi connectivity index (χ1n) is 7.06. The molecule has 1 heterocycles. The summed E-state index contributed by atoms with van der Waals surface area (Å²) in [4.78, 5) is 12.0. The maximum atomic E-state index is 12.0. The molecular formula is C16H12Cl2N4O2. The number of halogens is 2. The summed E-state index contributed by atoms with van der Waals surface area (Å²) in [6.45, 7) is -0.0257. The lowest BCUT2D eigenvalue weighted by Crippen LogP contribution is -2.11. The van der Waals surface area contributed by atoms with Crippen LogP contribution in [0.1, 0.15) is 11.4 Å². The Kier molecular flexibility index (Phi) is 5.08. The van der Waals surface area contributed by atoms with Crippen molar-refractivity contribution in [3.8, 4) is 5.69 Å². The van der Waals surface area contributed by atoms with E-state index in [1.165, 1.54) is 4.68 Å². The van der Waals surface area contributed by atoms with Crippen molar-refractivity contribution in [3.63, 3.8) is 0 Å². The molecule has 0 atom stereocenters. The Labute approximate surface area is 148 Å². The monoisotopic (exact) mass is 362 g/mol. The van der Waals surface area contributed by atoms with E-state index in [0.29, 0.717) is 15.9 Å². The van der Waals surface area contributed by atoms with Gasteiger partial charge >= 0.3 is 5.97 Å². The highest BCUT2D eigenvalue weighted by Crippen LogP contribution is 2.23. The summed E-state index contributed by atoms with van der Waals surface area (Å²) in [5.74, 6) is 0.0275. The highest BCUT2D eigenvalue weighted by Gasteiger charge is 2.12. The molecule has 2 aromatic carbocycles. The number of aromatic nitrogens is 4. The van der Waals surface area contributed by atoms with Gasteiger partial charge in [0, 0.05) is 0 Å². The second-order valence-electron chi connectivity index (χ2n) is 4.93. The van der Waals surface area contributed by atoms with E-state index in [4.69, 9.17) is 27.9 Å². The quantitative estimate of drug-likeness (QED) is 0.651. The van der Waals surface area contributed by atoms with Crippen molar-refractivity contribution >= 4 is 29.2 Å². The number of tetrazole rings is 1. The van der Waals surface area contributed by atoms with Crippen LogP contribution in [0.3, 0.4) is 0 Å². The van der Waals surface area contributed by atoms with E-state index in [0.717, 1.165) is 11.3 Å². The van der Waals surface area contributed by atoms with Gasteiger partial charge in [0.25, 0.3) is 0 Å². The Balaban J connectivity index is 1.63. The fourth-order valence-corrected chi connectivity index (χ4v) is 2.40. The molecule has 8 heteroatoms. The number of benzene rings is 2. The number of rotatable bonds is 5. The van der Waals surface area contributed by atoms with E-state index in [1.807, 2.05) is 30.3 Å². The summed E-state index contributed by atoms with van der Waals surface area (Å²) in [6.07, 6.45) is 0.0871. The van der Waals surface area contributed by atoms with Gasteiger partial charge in [-0.15, -0.1) is 5.10 Å². The highest BCUT2D eigenvalue weighted by molar-refractivity contribution is 6.42. The fraction of sp³-hybridized carbons (Fsp3) is 0.125. The van der Waals surface area contributed by atoms with Crippen LogP contribution < -0.4 is 0 Å². The summed E-state index contributed by atoms with van der Waals surface area (Å²) >= 11 is 11.8. The number of ether oxygens (including phenoxy) is 1. The summed E-state index contributed by atoms with van der Waals surface area (Å²) in [5, 5.41) is 12.2. The summed E-state index contributed by atoms with van der Waals surface area (Å²) in [5.41, 5.74) is 1.51. The third-order valence-electron chi connectivity index (χ3n) is 3.23. The normalized spacial score (nSPS) is 10.6. The molecule has 0 amide bonds. The van der Waals surface area contributed by atoms with E-state index >= 15 is 0 Å². The first kappa shape index (κ1) is 16.4. The van der Waals surface area contributed by atoms with Crippen LogP contribution in [0.4, 0.5) is 0 Å². The van der Waals surface area contributed by atoms with Gasteiger partial charge in [-0.3, -0.25) is 4.79 Å². The number of nitrogens with zero attached hydrogens (tertiary/aromatic N) is 4. The van der Waals surface area contributed by atoms with Crippen molar-refractivity contribution in [2.75, 3.05) is 0 Å². The minimum Gasteiger partial charge on any atom is -0.457 e. The largest absolute Gasteiger partial charge is 0.457 e. The summed E-state index contributed by atoms with van der Waals surface area (Å²) in [7, 11) is 0. The molecule has 0 saturated carbocycles. The van der Waals surface area contributed by atoms with Crippen LogP contribution >= 0.6 is 23.2 Å². The number of esters is 1. The van der Waals surface area contributed by atoms with Crippen LogP contribution in [-0.4, -0.2) is 26.2 Å². The number of hydrogen-bond acceptors (Lipinski definition) is 5. The van der Waals surface area contributed by atoms with E-state index in [-0.39, 0.29) is 13.0 Å². The zero-order chi connectivity index (χ0) is 16.9. The average molecular weight is 363 g/mol. The van der Waals surface area contributed by atoms with Crippen molar-refractivity contribution < 1.29 is 9.53 Å². The molecule has 3 rings (SSSR count). The van der Waals surface area contributed by atoms with Crippen LogP contribution in [0.5, 0.6) is 0 Å². The number of hydrogen-bond donors (Lipinski definition) is 0. The average Bonchev–Trinajstić information content (AvgIpc) is 3.06. The van der Waals surface area contributed by atoms with Gasteiger partial charge in [0.05, 0.1) is 22.2 Å². The predicted molar refractivity (Wildman–Crippen MR) is 89.1 cm³/mol. The molecule has 0 aliphatic heterocycles. The number of para-hydroxylation sites is 1. The first-order valence-corrected chi connectivity index (χ1v) is 7.81. The SMILES string of the molecule is O=C(Cc1ccc(Cl)c(Cl)c1)OCc1nnnn1-c1ccccc1.